The second-order valence-corrected chi connectivity index (χ2v) is 11.8. The van der Waals surface area contributed by atoms with Crippen molar-refractivity contribution >= 4 is 12.0 Å². The second-order valence-electron chi connectivity index (χ2n) is 11.8. The number of hydrogen-bond donors (Lipinski definition) is 1. The molecule has 1 atom stereocenters. The fourth-order valence-electron chi connectivity index (χ4n) is 5.97. The SMILES string of the molecule is Cc1c(COc2cc(OCc3ccccc3C#N)c(C=O)cc2[N+](=O)[O-])cccc1-c1cccc(-c2nnc(CN3CCC(O)C3)o2)c1C. The molecule has 12 heteroatoms. The van der Waals surface area contributed by atoms with Gasteiger partial charge >= 0.3 is 5.69 Å². The molecule has 12 nitrogen and oxygen atoms in total. The molecule has 49 heavy (non-hydrogen) atoms. The number of carbonyl (C=O) groups is 1. The summed E-state index contributed by atoms with van der Waals surface area (Å²) >= 11 is 0. The van der Waals surface area contributed by atoms with Gasteiger partial charge in [0.15, 0.2) is 6.29 Å². The Kier molecular flexibility index (Phi) is 9.75. The van der Waals surface area contributed by atoms with Crippen molar-refractivity contribution in [2.75, 3.05) is 13.1 Å². The average Bonchev–Trinajstić information content (AvgIpc) is 3.75. The number of rotatable bonds is 12. The maximum absolute atomic E-state index is 12.0. The molecule has 1 aliphatic rings. The van der Waals surface area contributed by atoms with Crippen LogP contribution in [0, 0.1) is 35.3 Å². The monoisotopic (exact) mass is 659 g/mol. The van der Waals surface area contributed by atoms with Crippen LogP contribution in [0.3, 0.4) is 0 Å². The van der Waals surface area contributed by atoms with Gasteiger partial charge in [0, 0.05) is 36.3 Å². The van der Waals surface area contributed by atoms with Crippen LogP contribution in [0.25, 0.3) is 22.6 Å². The molecule has 1 aliphatic heterocycles. The van der Waals surface area contributed by atoms with E-state index in [1.54, 1.807) is 24.3 Å². The van der Waals surface area contributed by atoms with E-state index in [0.717, 1.165) is 52.4 Å². The number of nitro benzene ring substituents is 1. The van der Waals surface area contributed by atoms with Crippen molar-refractivity contribution in [2.24, 2.45) is 0 Å². The molecule has 1 N–H and O–H groups in total. The minimum atomic E-state index is -0.605. The van der Waals surface area contributed by atoms with Gasteiger partial charge in [-0.3, -0.25) is 19.8 Å². The molecule has 0 spiro atoms. The fourth-order valence-corrected chi connectivity index (χ4v) is 5.97. The number of β-amino-alcohol motifs (C(OH)–C–C–N with tert-alkyl or cyclic N) is 1. The number of aromatic nitrogens is 2. The molecule has 248 valence electrons. The zero-order valence-electron chi connectivity index (χ0n) is 27.0. The largest absolute Gasteiger partial charge is 0.488 e. The summed E-state index contributed by atoms with van der Waals surface area (Å²) in [5.74, 6) is 0.938. The highest BCUT2D eigenvalue weighted by atomic mass is 16.6. The standard InChI is InChI=1S/C37H33N5O7/c1-23-26(21-48-35-16-34(28(20-43)15-33(35)42(45)46)47-22-27-8-4-3-7-25(27)17-38)9-5-10-30(23)31-11-6-12-32(24(31)2)37-40-39-36(49-37)19-41-14-13-29(44)18-41/h3-12,15-16,20,29,44H,13-14,18-19,21-22H2,1-2H3. The summed E-state index contributed by atoms with van der Waals surface area (Å²) < 4.78 is 17.9. The van der Waals surface area contributed by atoms with E-state index >= 15 is 0 Å². The smallest absolute Gasteiger partial charge is 0.311 e. The number of nitriles is 1. The highest BCUT2D eigenvalue weighted by Gasteiger charge is 2.24. The van der Waals surface area contributed by atoms with Crippen molar-refractivity contribution in [1.82, 2.24) is 15.1 Å². The van der Waals surface area contributed by atoms with Gasteiger partial charge in [0.2, 0.25) is 17.5 Å². The zero-order chi connectivity index (χ0) is 34.5. The lowest BCUT2D eigenvalue weighted by molar-refractivity contribution is -0.386. The quantitative estimate of drug-likeness (QED) is 0.0903. The maximum atomic E-state index is 12.0. The zero-order valence-corrected chi connectivity index (χ0v) is 27.0. The Bertz CT molecular complexity index is 2070. The molecule has 0 saturated carbocycles. The molecule has 1 fully saturated rings. The van der Waals surface area contributed by atoms with Gasteiger partial charge in [0.05, 0.1) is 34.8 Å². The van der Waals surface area contributed by atoms with Crippen molar-refractivity contribution in [2.45, 2.75) is 46.1 Å². The van der Waals surface area contributed by atoms with Crippen LogP contribution in [-0.2, 0) is 19.8 Å². The first-order chi connectivity index (χ1) is 23.7. The highest BCUT2D eigenvalue weighted by Crippen LogP contribution is 2.37. The van der Waals surface area contributed by atoms with E-state index in [-0.39, 0.29) is 42.1 Å². The Hall–Kier alpha value is -5.90. The van der Waals surface area contributed by atoms with Crippen molar-refractivity contribution in [3.63, 3.8) is 0 Å². The lowest BCUT2D eigenvalue weighted by Gasteiger charge is -2.16. The topological polar surface area (TPSA) is 165 Å². The summed E-state index contributed by atoms with van der Waals surface area (Å²) in [6.07, 6.45) is 0.879. The van der Waals surface area contributed by atoms with E-state index in [1.165, 1.54) is 6.07 Å². The summed E-state index contributed by atoms with van der Waals surface area (Å²) in [6.45, 7) is 5.77. The average molecular weight is 660 g/mol. The molecule has 1 unspecified atom stereocenters. The van der Waals surface area contributed by atoms with E-state index in [1.807, 2.05) is 50.2 Å². The van der Waals surface area contributed by atoms with Crippen LogP contribution in [0.15, 0.2) is 77.2 Å². The Morgan fingerprint density at radius 3 is 2.41 bits per heavy atom. The number of carbonyl (C=O) groups excluding carboxylic acids is 1. The maximum Gasteiger partial charge on any atom is 0.311 e. The van der Waals surface area contributed by atoms with E-state index in [0.29, 0.717) is 42.3 Å². The number of nitro groups is 1. The lowest BCUT2D eigenvalue weighted by atomic mass is 9.91. The van der Waals surface area contributed by atoms with Gasteiger partial charge in [0.1, 0.15) is 19.0 Å². The summed E-state index contributed by atoms with van der Waals surface area (Å²) in [7, 11) is 0. The van der Waals surface area contributed by atoms with Crippen LogP contribution in [0.1, 0.15) is 50.5 Å². The predicted molar refractivity (Wildman–Crippen MR) is 179 cm³/mol. The Balaban J connectivity index is 1.24. The van der Waals surface area contributed by atoms with E-state index < -0.39 is 4.92 Å². The molecule has 0 aliphatic carbocycles. The number of aliphatic hydroxyl groups is 1. The van der Waals surface area contributed by atoms with Gasteiger partial charge in [-0.1, -0.05) is 48.5 Å². The first kappa shape index (κ1) is 33.0. The van der Waals surface area contributed by atoms with E-state index in [9.17, 15) is 25.3 Å². The van der Waals surface area contributed by atoms with Gasteiger partial charge in [-0.05, 0) is 60.2 Å². The van der Waals surface area contributed by atoms with Gasteiger partial charge in [-0.15, -0.1) is 10.2 Å². The third-order valence-corrected chi connectivity index (χ3v) is 8.69. The summed E-state index contributed by atoms with van der Waals surface area (Å²) in [5, 5.41) is 39.8. The summed E-state index contributed by atoms with van der Waals surface area (Å²) in [5.41, 5.74) is 6.00. The number of aldehydes is 1. The lowest BCUT2D eigenvalue weighted by Crippen LogP contribution is -2.21. The van der Waals surface area contributed by atoms with Crippen LogP contribution in [0.2, 0.25) is 0 Å². The Morgan fingerprint density at radius 2 is 1.67 bits per heavy atom. The van der Waals surface area contributed by atoms with Gasteiger partial charge < -0.3 is 19.0 Å². The van der Waals surface area contributed by atoms with Crippen molar-refractivity contribution in [3.05, 3.63) is 122 Å². The molecule has 0 bridgehead atoms. The van der Waals surface area contributed by atoms with Gasteiger partial charge in [0.25, 0.3) is 0 Å². The van der Waals surface area contributed by atoms with Crippen LogP contribution >= 0.6 is 0 Å². The number of ether oxygens (including phenoxy) is 2. The molecule has 0 radical (unpaired) electrons. The van der Waals surface area contributed by atoms with Crippen LogP contribution in [0.5, 0.6) is 11.5 Å². The van der Waals surface area contributed by atoms with Crippen molar-refractivity contribution in [1.29, 1.82) is 5.26 Å². The molecule has 1 aromatic heterocycles. The molecule has 0 amide bonds. The van der Waals surface area contributed by atoms with E-state index in [2.05, 4.69) is 21.2 Å². The second kappa shape index (κ2) is 14.5. The van der Waals surface area contributed by atoms with Crippen LogP contribution in [-0.4, -0.2) is 50.6 Å². The third-order valence-electron chi connectivity index (χ3n) is 8.69. The normalized spacial score (nSPS) is 14.4. The molecule has 5 aromatic rings. The number of likely N-dealkylation sites (tertiary alicyclic amines) is 1. The molecule has 2 heterocycles. The van der Waals surface area contributed by atoms with Crippen LogP contribution < -0.4 is 9.47 Å². The van der Waals surface area contributed by atoms with Gasteiger partial charge in [-0.25, -0.2) is 0 Å². The van der Waals surface area contributed by atoms with Crippen molar-refractivity contribution < 1.29 is 28.7 Å². The van der Waals surface area contributed by atoms with Crippen molar-refractivity contribution in [3.8, 4) is 40.1 Å². The Labute approximate surface area is 282 Å². The molecule has 1 saturated heterocycles. The predicted octanol–water partition coefficient (Wildman–Crippen LogP) is 6.34. The third kappa shape index (κ3) is 7.18. The number of aliphatic hydroxyl groups excluding tert-OH is 1. The summed E-state index contributed by atoms with van der Waals surface area (Å²) in [6, 6.07) is 23.1. The minimum absolute atomic E-state index is 0.00854. The van der Waals surface area contributed by atoms with Crippen LogP contribution in [0.4, 0.5) is 5.69 Å². The molecule has 6 rings (SSSR count). The number of benzene rings is 4. The first-order valence-electron chi connectivity index (χ1n) is 15.7. The molecule has 4 aromatic carbocycles. The first-order valence-corrected chi connectivity index (χ1v) is 15.7. The minimum Gasteiger partial charge on any atom is -0.488 e. The fraction of sp³-hybridized carbons (Fsp3) is 0.243. The molecular weight excluding hydrogens is 626 g/mol. The molecular formula is C37H33N5O7. The highest BCUT2D eigenvalue weighted by molar-refractivity contribution is 5.82. The van der Waals surface area contributed by atoms with E-state index in [4.69, 9.17) is 13.9 Å². The number of hydrogen-bond acceptors (Lipinski definition) is 11. The summed E-state index contributed by atoms with van der Waals surface area (Å²) in [4.78, 5) is 25.3. The Morgan fingerprint density at radius 1 is 0.980 bits per heavy atom. The van der Waals surface area contributed by atoms with Gasteiger partial charge in [-0.2, -0.15) is 5.26 Å². The number of nitrogens with zero attached hydrogens (tertiary/aromatic N) is 5.